The zero-order chi connectivity index (χ0) is 12.7. The lowest BCUT2D eigenvalue weighted by molar-refractivity contribution is 0.124. The summed E-state index contributed by atoms with van der Waals surface area (Å²) < 4.78 is 8.00. The van der Waals surface area contributed by atoms with Crippen molar-refractivity contribution in [2.45, 2.75) is 20.0 Å². The number of aliphatic hydroxyl groups excluding tert-OH is 1. The van der Waals surface area contributed by atoms with Crippen molar-refractivity contribution in [2.75, 3.05) is 6.61 Å². The van der Waals surface area contributed by atoms with Gasteiger partial charge in [-0.05, 0) is 25.3 Å². The fraction of sp³-hybridized carbons (Fsp3) is 0.308. The summed E-state index contributed by atoms with van der Waals surface area (Å²) in [5.41, 5.74) is 1.06. The van der Waals surface area contributed by atoms with Crippen molar-refractivity contribution in [1.82, 2.24) is 4.98 Å². The summed E-state index contributed by atoms with van der Waals surface area (Å²) in [6, 6.07) is 4.07. The minimum Gasteiger partial charge on any atom is -0.490 e. The number of thiazole rings is 1. The van der Waals surface area contributed by atoms with Crippen LogP contribution in [0.1, 0.15) is 11.9 Å². The van der Waals surface area contributed by atoms with Gasteiger partial charge in [0, 0.05) is 11.5 Å². The molecule has 2 aromatic heterocycles. The van der Waals surface area contributed by atoms with Crippen molar-refractivity contribution < 1.29 is 9.84 Å². The molecular formula is C13H13NO2S2. The number of aromatic nitrogens is 1. The van der Waals surface area contributed by atoms with Crippen LogP contribution in [0.25, 0.3) is 20.3 Å². The molecule has 0 aliphatic heterocycles. The summed E-state index contributed by atoms with van der Waals surface area (Å²) in [6.07, 6.45) is -0.461. The molecule has 3 rings (SSSR count). The van der Waals surface area contributed by atoms with Gasteiger partial charge in [0.05, 0.1) is 26.0 Å². The average Bonchev–Trinajstić information content (AvgIpc) is 2.90. The Labute approximate surface area is 113 Å². The molecule has 0 amide bonds. The minimum absolute atomic E-state index is 0.314. The third-order valence-electron chi connectivity index (χ3n) is 2.65. The summed E-state index contributed by atoms with van der Waals surface area (Å²) in [6.45, 7) is 4.05. The average molecular weight is 279 g/mol. The standard InChI is InChI=1S/C13H13NO2S2/c1-7(15)6-16-10-5-11-12(14-8(2)18-11)13-9(10)3-4-17-13/h3-5,7,15H,6H2,1-2H3/t7-/m0/s1. The van der Waals surface area contributed by atoms with Crippen molar-refractivity contribution in [1.29, 1.82) is 0 Å². The Balaban J connectivity index is 2.18. The van der Waals surface area contributed by atoms with E-state index in [1.807, 2.05) is 24.4 Å². The zero-order valence-electron chi connectivity index (χ0n) is 10.1. The van der Waals surface area contributed by atoms with Gasteiger partial charge in [0.25, 0.3) is 0 Å². The number of hydrogen-bond acceptors (Lipinski definition) is 5. The number of aliphatic hydroxyl groups is 1. The number of aryl methyl sites for hydroxylation is 1. The lowest BCUT2D eigenvalue weighted by Gasteiger charge is -2.09. The van der Waals surface area contributed by atoms with Crippen LogP contribution in [0, 0.1) is 6.92 Å². The van der Waals surface area contributed by atoms with Crippen molar-refractivity contribution >= 4 is 43.0 Å². The molecule has 0 radical (unpaired) electrons. The highest BCUT2D eigenvalue weighted by Crippen LogP contribution is 2.38. The Bertz CT molecular complexity index is 699. The quantitative estimate of drug-likeness (QED) is 0.797. The molecule has 1 aromatic carbocycles. The summed E-state index contributed by atoms with van der Waals surface area (Å²) in [5.74, 6) is 0.836. The number of ether oxygens (including phenoxy) is 1. The predicted molar refractivity (Wildman–Crippen MR) is 76.9 cm³/mol. The van der Waals surface area contributed by atoms with Crippen molar-refractivity contribution in [2.24, 2.45) is 0 Å². The molecule has 0 aliphatic carbocycles. The van der Waals surface area contributed by atoms with Crippen LogP contribution in [0.15, 0.2) is 17.5 Å². The maximum absolute atomic E-state index is 9.32. The first-order valence-electron chi connectivity index (χ1n) is 5.73. The molecule has 0 bridgehead atoms. The molecule has 18 heavy (non-hydrogen) atoms. The Morgan fingerprint density at radius 1 is 1.50 bits per heavy atom. The second-order valence-electron chi connectivity index (χ2n) is 4.28. The van der Waals surface area contributed by atoms with Crippen LogP contribution in [-0.4, -0.2) is 22.8 Å². The minimum atomic E-state index is -0.461. The second-order valence-corrected chi connectivity index (χ2v) is 6.43. The van der Waals surface area contributed by atoms with Gasteiger partial charge in [-0.25, -0.2) is 4.98 Å². The summed E-state index contributed by atoms with van der Waals surface area (Å²) in [5, 5.41) is 13.5. The van der Waals surface area contributed by atoms with Crippen LogP contribution in [-0.2, 0) is 0 Å². The van der Waals surface area contributed by atoms with Gasteiger partial charge in [-0.3, -0.25) is 0 Å². The highest BCUT2D eigenvalue weighted by Gasteiger charge is 2.12. The van der Waals surface area contributed by atoms with E-state index in [9.17, 15) is 5.11 Å². The van der Waals surface area contributed by atoms with Crippen LogP contribution in [0.4, 0.5) is 0 Å². The van der Waals surface area contributed by atoms with E-state index < -0.39 is 6.10 Å². The SMILES string of the molecule is Cc1nc2c(cc(OC[C@H](C)O)c3ccsc32)s1. The van der Waals surface area contributed by atoms with Crippen LogP contribution in [0.2, 0.25) is 0 Å². The molecule has 0 fully saturated rings. The number of rotatable bonds is 3. The smallest absolute Gasteiger partial charge is 0.129 e. The third kappa shape index (κ3) is 1.98. The number of thiophene rings is 1. The number of nitrogens with zero attached hydrogens (tertiary/aromatic N) is 1. The normalized spacial score (nSPS) is 13.3. The van der Waals surface area contributed by atoms with E-state index in [-0.39, 0.29) is 0 Å². The van der Waals surface area contributed by atoms with Crippen LogP contribution in [0.5, 0.6) is 5.75 Å². The van der Waals surface area contributed by atoms with Gasteiger partial charge >= 0.3 is 0 Å². The maximum atomic E-state index is 9.32. The third-order valence-corrected chi connectivity index (χ3v) is 4.49. The molecule has 94 valence electrons. The Morgan fingerprint density at radius 3 is 3.11 bits per heavy atom. The Hall–Kier alpha value is -1.17. The molecule has 0 saturated carbocycles. The first-order chi connectivity index (χ1) is 8.65. The fourth-order valence-corrected chi connectivity index (χ4v) is 3.75. The molecule has 2 heterocycles. The molecule has 0 unspecified atom stereocenters. The topological polar surface area (TPSA) is 42.4 Å². The lowest BCUT2D eigenvalue weighted by Crippen LogP contribution is -2.12. The Morgan fingerprint density at radius 2 is 2.33 bits per heavy atom. The number of benzene rings is 1. The van der Waals surface area contributed by atoms with E-state index in [4.69, 9.17) is 4.74 Å². The predicted octanol–water partition coefficient (Wildman–Crippen LogP) is 3.58. The summed E-state index contributed by atoms with van der Waals surface area (Å²) >= 11 is 3.35. The molecule has 3 aromatic rings. The van der Waals surface area contributed by atoms with E-state index in [0.29, 0.717) is 6.61 Å². The van der Waals surface area contributed by atoms with Gasteiger partial charge in [0.2, 0.25) is 0 Å². The van der Waals surface area contributed by atoms with E-state index in [1.165, 1.54) is 0 Å². The van der Waals surface area contributed by atoms with E-state index in [0.717, 1.165) is 31.1 Å². The molecule has 5 heteroatoms. The van der Waals surface area contributed by atoms with Gasteiger partial charge in [-0.15, -0.1) is 22.7 Å². The molecule has 0 aliphatic rings. The molecule has 0 spiro atoms. The maximum Gasteiger partial charge on any atom is 0.129 e. The zero-order valence-corrected chi connectivity index (χ0v) is 11.8. The van der Waals surface area contributed by atoms with Gasteiger partial charge in [-0.2, -0.15) is 0 Å². The second kappa shape index (κ2) is 4.50. The Kier molecular flexibility index (Phi) is 2.97. The fourth-order valence-electron chi connectivity index (χ4n) is 1.92. The van der Waals surface area contributed by atoms with Gasteiger partial charge < -0.3 is 9.84 Å². The summed E-state index contributed by atoms with van der Waals surface area (Å²) in [7, 11) is 0. The first-order valence-corrected chi connectivity index (χ1v) is 7.43. The van der Waals surface area contributed by atoms with Gasteiger partial charge in [-0.1, -0.05) is 0 Å². The van der Waals surface area contributed by atoms with Gasteiger partial charge in [0.1, 0.15) is 12.4 Å². The van der Waals surface area contributed by atoms with Gasteiger partial charge in [0.15, 0.2) is 0 Å². The lowest BCUT2D eigenvalue weighted by atomic mass is 10.2. The monoisotopic (exact) mass is 279 g/mol. The van der Waals surface area contributed by atoms with E-state index >= 15 is 0 Å². The van der Waals surface area contributed by atoms with Crippen molar-refractivity contribution in [3.63, 3.8) is 0 Å². The first kappa shape index (κ1) is 11.9. The van der Waals surface area contributed by atoms with E-state index in [1.54, 1.807) is 29.6 Å². The molecular weight excluding hydrogens is 266 g/mol. The van der Waals surface area contributed by atoms with Crippen molar-refractivity contribution in [3.8, 4) is 5.75 Å². The molecule has 1 atom stereocenters. The number of fused-ring (bicyclic) bond motifs is 3. The molecule has 3 nitrogen and oxygen atoms in total. The number of hydrogen-bond donors (Lipinski definition) is 1. The largest absolute Gasteiger partial charge is 0.490 e. The van der Waals surface area contributed by atoms with Crippen LogP contribution >= 0.6 is 22.7 Å². The van der Waals surface area contributed by atoms with Crippen LogP contribution in [0.3, 0.4) is 0 Å². The highest BCUT2D eigenvalue weighted by molar-refractivity contribution is 7.21. The summed E-state index contributed by atoms with van der Waals surface area (Å²) in [4.78, 5) is 4.57. The van der Waals surface area contributed by atoms with E-state index in [2.05, 4.69) is 4.98 Å². The molecule has 0 saturated heterocycles. The molecule has 1 N–H and O–H groups in total. The van der Waals surface area contributed by atoms with Crippen molar-refractivity contribution in [3.05, 3.63) is 22.5 Å². The van der Waals surface area contributed by atoms with Crippen LogP contribution < -0.4 is 4.74 Å². The highest BCUT2D eigenvalue weighted by atomic mass is 32.1.